The number of carbonyl (C=O) groups excluding carboxylic acids is 2. The molecule has 100 valence electrons. The molecule has 0 saturated carbocycles. The summed E-state index contributed by atoms with van der Waals surface area (Å²) in [7, 11) is 0. The first-order valence-corrected chi connectivity index (χ1v) is 6.83. The second-order valence-corrected chi connectivity index (χ2v) is 4.81. The molecule has 0 aromatic carbocycles. The summed E-state index contributed by atoms with van der Waals surface area (Å²) < 4.78 is 4.75. The molecular formula is C12H18N2O3S. The maximum absolute atomic E-state index is 11.5. The van der Waals surface area contributed by atoms with Crippen molar-refractivity contribution in [3.8, 4) is 0 Å². The number of rotatable bonds is 7. The number of ether oxygens (including phenoxy) is 1. The number of aromatic nitrogens is 1. The van der Waals surface area contributed by atoms with Gasteiger partial charge in [-0.25, -0.2) is 4.98 Å². The van der Waals surface area contributed by atoms with Crippen LogP contribution in [0.2, 0.25) is 0 Å². The lowest BCUT2D eigenvalue weighted by Crippen LogP contribution is -2.27. The molecule has 18 heavy (non-hydrogen) atoms. The molecule has 1 aromatic rings. The van der Waals surface area contributed by atoms with Gasteiger partial charge in [0.15, 0.2) is 0 Å². The molecule has 5 nitrogen and oxygen atoms in total. The van der Waals surface area contributed by atoms with Crippen molar-refractivity contribution in [1.82, 2.24) is 10.3 Å². The van der Waals surface area contributed by atoms with Crippen molar-refractivity contribution >= 4 is 23.2 Å². The Morgan fingerprint density at radius 3 is 2.89 bits per heavy atom. The van der Waals surface area contributed by atoms with Gasteiger partial charge >= 0.3 is 5.97 Å². The van der Waals surface area contributed by atoms with E-state index in [1.54, 1.807) is 24.5 Å². The summed E-state index contributed by atoms with van der Waals surface area (Å²) in [4.78, 5) is 26.7. The number of nitrogens with zero attached hydrogens (tertiary/aromatic N) is 1. The molecule has 0 radical (unpaired) electrons. The summed E-state index contributed by atoms with van der Waals surface area (Å²) in [5.41, 5.74) is 0. The monoisotopic (exact) mass is 270 g/mol. The Bertz CT molecular complexity index is 379. The van der Waals surface area contributed by atoms with Gasteiger partial charge < -0.3 is 10.1 Å². The van der Waals surface area contributed by atoms with Crippen LogP contribution in [0.25, 0.3) is 0 Å². The maximum atomic E-state index is 11.5. The minimum atomic E-state index is -0.333. The molecule has 1 unspecified atom stereocenters. The van der Waals surface area contributed by atoms with Gasteiger partial charge in [-0.2, -0.15) is 0 Å². The van der Waals surface area contributed by atoms with Crippen molar-refractivity contribution in [2.45, 2.75) is 32.6 Å². The summed E-state index contributed by atoms with van der Waals surface area (Å²) in [5, 5.41) is 5.70. The first-order chi connectivity index (χ1) is 8.63. The summed E-state index contributed by atoms with van der Waals surface area (Å²) in [6.45, 7) is 4.63. The van der Waals surface area contributed by atoms with E-state index in [9.17, 15) is 9.59 Å². The third-order valence-electron chi connectivity index (χ3n) is 2.34. The van der Waals surface area contributed by atoms with Crippen LogP contribution in [0.4, 0.5) is 0 Å². The molecule has 1 heterocycles. The normalized spacial score (nSPS) is 11.9. The van der Waals surface area contributed by atoms with Gasteiger partial charge in [0.05, 0.1) is 18.0 Å². The van der Waals surface area contributed by atoms with Gasteiger partial charge in [-0.1, -0.05) is 6.92 Å². The Kier molecular flexibility index (Phi) is 6.35. The summed E-state index contributed by atoms with van der Waals surface area (Å²) in [5.74, 6) is -0.274. The van der Waals surface area contributed by atoms with Crippen LogP contribution in [0, 0.1) is 0 Å². The summed E-state index contributed by atoms with van der Waals surface area (Å²) in [6, 6.07) is 0. The number of thiazole rings is 1. The standard InChI is InChI=1S/C12H18N2O3S/c1-3-17-11(16)5-4-10(15)14-8-9(2)12-13-6-7-18-12/h6-7,9H,3-5,8H2,1-2H3,(H,14,15). The lowest BCUT2D eigenvalue weighted by Gasteiger charge is -2.09. The molecule has 0 fully saturated rings. The molecule has 0 spiro atoms. The van der Waals surface area contributed by atoms with Crippen LogP contribution < -0.4 is 5.32 Å². The Balaban J connectivity index is 2.19. The minimum absolute atomic E-state index is 0.130. The van der Waals surface area contributed by atoms with Gasteiger partial charge in [-0.3, -0.25) is 9.59 Å². The van der Waals surface area contributed by atoms with E-state index in [0.29, 0.717) is 13.2 Å². The van der Waals surface area contributed by atoms with E-state index in [1.165, 1.54) is 0 Å². The van der Waals surface area contributed by atoms with Gasteiger partial charge in [0, 0.05) is 30.5 Å². The van der Waals surface area contributed by atoms with Crippen molar-refractivity contribution in [2.24, 2.45) is 0 Å². The lowest BCUT2D eigenvalue weighted by molar-refractivity contribution is -0.144. The highest BCUT2D eigenvalue weighted by Gasteiger charge is 2.11. The number of nitrogens with one attached hydrogen (secondary N) is 1. The Morgan fingerprint density at radius 2 is 2.28 bits per heavy atom. The molecule has 0 saturated heterocycles. The van der Waals surface area contributed by atoms with Crippen molar-refractivity contribution in [3.05, 3.63) is 16.6 Å². The maximum Gasteiger partial charge on any atom is 0.306 e. The molecule has 6 heteroatoms. The molecule has 1 atom stereocenters. The SMILES string of the molecule is CCOC(=O)CCC(=O)NCC(C)c1nccs1. The van der Waals surface area contributed by atoms with Crippen LogP contribution in [0.5, 0.6) is 0 Å². The Morgan fingerprint density at radius 1 is 1.50 bits per heavy atom. The van der Waals surface area contributed by atoms with Gasteiger partial charge in [-0.15, -0.1) is 11.3 Å². The number of carbonyl (C=O) groups is 2. The Labute approximate surface area is 111 Å². The number of esters is 1. The molecule has 0 aliphatic carbocycles. The zero-order valence-electron chi connectivity index (χ0n) is 10.6. The van der Waals surface area contributed by atoms with Crippen molar-refractivity contribution in [3.63, 3.8) is 0 Å². The Hall–Kier alpha value is -1.43. The third-order valence-corrected chi connectivity index (χ3v) is 3.35. The molecule has 1 rings (SSSR count). The highest BCUT2D eigenvalue weighted by Crippen LogP contribution is 2.16. The van der Waals surface area contributed by atoms with Crippen LogP contribution in [-0.2, 0) is 14.3 Å². The highest BCUT2D eigenvalue weighted by molar-refractivity contribution is 7.09. The zero-order chi connectivity index (χ0) is 13.4. The highest BCUT2D eigenvalue weighted by atomic mass is 32.1. The fourth-order valence-electron chi connectivity index (χ4n) is 1.37. The van der Waals surface area contributed by atoms with E-state index < -0.39 is 0 Å². The van der Waals surface area contributed by atoms with Gasteiger partial charge in [0.1, 0.15) is 0 Å². The fraction of sp³-hybridized carbons (Fsp3) is 0.583. The molecule has 0 aliphatic heterocycles. The number of hydrogen-bond donors (Lipinski definition) is 1. The molecular weight excluding hydrogens is 252 g/mol. The number of amides is 1. The van der Waals surface area contributed by atoms with Crippen LogP contribution >= 0.6 is 11.3 Å². The van der Waals surface area contributed by atoms with Crippen LogP contribution in [0.3, 0.4) is 0 Å². The predicted molar refractivity (Wildman–Crippen MR) is 69.4 cm³/mol. The average molecular weight is 270 g/mol. The van der Waals surface area contributed by atoms with E-state index in [4.69, 9.17) is 4.74 Å². The topological polar surface area (TPSA) is 68.3 Å². The quantitative estimate of drug-likeness (QED) is 0.766. The predicted octanol–water partition coefficient (Wildman–Crippen LogP) is 1.71. The minimum Gasteiger partial charge on any atom is -0.466 e. The number of hydrogen-bond acceptors (Lipinski definition) is 5. The van der Waals surface area contributed by atoms with E-state index in [-0.39, 0.29) is 30.6 Å². The third kappa shape index (κ3) is 5.27. The summed E-state index contributed by atoms with van der Waals surface area (Å²) >= 11 is 1.57. The largest absolute Gasteiger partial charge is 0.466 e. The van der Waals surface area contributed by atoms with Crippen molar-refractivity contribution in [1.29, 1.82) is 0 Å². The van der Waals surface area contributed by atoms with Crippen LogP contribution in [-0.4, -0.2) is 30.0 Å². The molecule has 1 N–H and O–H groups in total. The van der Waals surface area contributed by atoms with E-state index in [1.807, 2.05) is 12.3 Å². The first-order valence-electron chi connectivity index (χ1n) is 5.95. The molecule has 1 amide bonds. The van der Waals surface area contributed by atoms with Crippen molar-refractivity contribution < 1.29 is 14.3 Å². The zero-order valence-corrected chi connectivity index (χ0v) is 11.5. The van der Waals surface area contributed by atoms with Gasteiger partial charge in [-0.05, 0) is 6.92 Å². The molecule has 0 bridgehead atoms. The second kappa shape index (κ2) is 7.81. The van der Waals surface area contributed by atoms with E-state index in [0.717, 1.165) is 5.01 Å². The van der Waals surface area contributed by atoms with E-state index >= 15 is 0 Å². The summed E-state index contributed by atoms with van der Waals surface area (Å²) in [6.07, 6.45) is 2.05. The smallest absolute Gasteiger partial charge is 0.306 e. The van der Waals surface area contributed by atoms with Gasteiger partial charge in [0.25, 0.3) is 0 Å². The lowest BCUT2D eigenvalue weighted by atomic mass is 10.2. The fourth-order valence-corrected chi connectivity index (χ4v) is 2.07. The van der Waals surface area contributed by atoms with Crippen LogP contribution in [0.15, 0.2) is 11.6 Å². The second-order valence-electron chi connectivity index (χ2n) is 3.88. The first kappa shape index (κ1) is 14.6. The van der Waals surface area contributed by atoms with Crippen LogP contribution in [0.1, 0.15) is 37.6 Å². The molecule has 1 aromatic heterocycles. The average Bonchev–Trinajstić information content (AvgIpc) is 2.87. The molecule has 0 aliphatic rings. The van der Waals surface area contributed by atoms with Crippen molar-refractivity contribution in [2.75, 3.05) is 13.2 Å². The van der Waals surface area contributed by atoms with E-state index in [2.05, 4.69) is 10.3 Å². The van der Waals surface area contributed by atoms with Gasteiger partial charge in [0.2, 0.25) is 5.91 Å².